The van der Waals surface area contributed by atoms with E-state index in [0.717, 1.165) is 44.7 Å². The number of nitrogens with zero attached hydrogens (tertiary/aromatic N) is 2. The molecular formula is C28H21BrN2O2S. The van der Waals surface area contributed by atoms with Crippen LogP contribution in [-0.4, -0.2) is 11.7 Å². The van der Waals surface area contributed by atoms with Crippen LogP contribution >= 0.6 is 27.3 Å². The van der Waals surface area contributed by atoms with Gasteiger partial charge in [0.25, 0.3) is 5.56 Å². The number of hydrogen-bond donors (Lipinski definition) is 0. The monoisotopic (exact) mass is 528 g/mol. The molecule has 0 unspecified atom stereocenters. The number of aryl methyl sites for hydroxylation is 1. The van der Waals surface area contributed by atoms with E-state index in [4.69, 9.17) is 9.73 Å². The second-order valence-corrected chi connectivity index (χ2v) is 10.4. The molecule has 4 aromatic rings. The fraction of sp³-hybridized carbons (Fsp3) is 0.143. The first-order chi connectivity index (χ1) is 16.6. The number of allylic oxidation sites excluding steroid dienone is 1. The number of methoxy groups -OCH3 is 1. The van der Waals surface area contributed by atoms with Gasteiger partial charge in [-0.2, -0.15) is 0 Å². The molecule has 6 rings (SSSR count). The highest BCUT2D eigenvalue weighted by Gasteiger charge is 2.32. The van der Waals surface area contributed by atoms with Crippen molar-refractivity contribution < 1.29 is 4.74 Å². The molecule has 3 aromatic carbocycles. The number of ether oxygens (including phenoxy) is 1. The lowest BCUT2D eigenvalue weighted by Crippen LogP contribution is -2.38. The van der Waals surface area contributed by atoms with Gasteiger partial charge in [-0.05, 0) is 65.4 Å². The second kappa shape index (κ2) is 8.53. The van der Waals surface area contributed by atoms with Crippen LogP contribution in [0.15, 0.2) is 92.6 Å². The van der Waals surface area contributed by atoms with Crippen molar-refractivity contribution >= 4 is 39.0 Å². The zero-order valence-electron chi connectivity index (χ0n) is 18.5. The van der Waals surface area contributed by atoms with E-state index in [1.54, 1.807) is 7.11 Å². The molecule has 0 fully saturated rings. The number of benzene rings is 3. The van der Waals surface area contributed by atoms with Gasteiger partial charge in [0, 0.05) is 10.0 Å². The van der Waals surface area contributed by atoms with E-state index in [1.807, 2.05) is 47.0 Å². The predicted molar refractivity (Wildman–Crippen MR) is 140 cm³/mol. The number of fused-ring (bicyclic) bond motifs is 3. The van der Waals surface area contributed by atoms with Crippen molar-refractivity contribution in [1.29, 1.82) is 0 Å². The molecule has 168 valence electrons. The van der Waals surface area contributed by atoms with Crippen LogP contribution in [0.1, 0.15) is 34.7 Å². The van der Waals surface area contributed by atoms with Gasteiger partial charge in [-0.25, -0.2) is 4.99 Å². The predicted octanol–water partition coefficient (Wildman–Crippen LogP) is 5.09. The molecule has 6 heteroatoms. The highest BCUT2D eigenvalue weighted by molar-refractivity contribution is 9.10. The lowest BCUT2D eigenvalue weighted by atomic mass is 9.83. The van der Waals surface area contributed by atoms with Crippen LogP contribution in [0.4, 0.5) is 0 Å². The maximum atomic E-state index is 13.8. The van der Waals surface area contributed by atoms with Crippen molar-refractivity contribution in [1.82, 2.24) is 4.57 Å². The summed E-state index contributed by atoms with van der Waals surface area (Å²) in [5, 5.41) is 0. The topological polar surface area (TPSA) is 43.6 Å². The Labute approximate surface area is 209 Å². The zero-order chi connectivity index (χ0) is 23.2. The Morgan fingerprint density at radius 1 is 1.06 bits per heavy atom. The van der Waals surface area contributed by atoms with Gasteiger partial charge < -0.3 is 4.74 Å². The minimum absolute atomic E-state index is 0.00935. The van der Waals surface area contributed by atoms with Crippen LogP contribution in [0.25, 0.3) is 11.8 Å². The number of rotatable bonds is 3. The zero-order valence-corrected chi connectivity index (χ0v) is 20.9. The Hall–Kier alpha value is -3.22. The SMILES string of the molecule is COc1cccc(/C=c2\sc3n(c2=O)[C@@H](c2ccc(Br)cc2)C2=C(N=3)c3ccccc3CC2)c1. The third kappa shape index (κ3) is 3.58. The van der Waals surface area contributed by atoms with Gasteiger partial charge in [0.1, 0.15) is 5.75 Å². The Bertz CT molecular complexity index is 1630. The van der Waals surface area contributed by atoms with Crippen LogP contribution in [0, 0.1) is 0 Å². The van der Waals surface area contributed by atoms with Gasteiger partial charge in [-0.1, -0.05) is 75.8 Å². The van der Waals surface area contributed by atoms with Crippen molar-refractivity contribution in [2.75, 3.05) is 7.11 Å². The Morgan fingerprint density at radius 3 is 2.71 bits per heavy atom. The van der Waals surface area contributed by atoms with Gasteiger partial charge in [0.05, 0.1) is 23.4 Å². The van der Waals surface area contributed by atoms with Gasteiger partial charge in [0.2, 0.25) is 0 Å². The molecule has 0 amide bonds. The maximum absolute atomic E-state index is 13.8. The summed E-state index contributed by atoms with van der Waals surface area (Å²) < 4.78 is 8.93. The summed E-state index contributed by atoms with van der Waals surface area (Å²) in [4.78, 5) is 19.6. The molecule has 4 nitrogen and oxygen atoms in total. The molecule has 0 spiro atoms. The summed E-state index contributed by atoms with van der Waals surface area (Å²) in [5.74, 6) is 0.765. The van der Waals surface area contributed by atoms with E-state index >= 15 is 0 Å². The van der Waals surface area contributed by atoms with E-state index in [1.165, 1.54) is 28.0 Å². The van der Waals surface area contributed by atoms with Crippen LogP contribution in [-0.2, 0) is 6.42 Å². The largest absolute Gasteiger partial charge is 0.497 e. The van der Waals surface area contributed by atoms with Gasteiger partial charge in [-0.15, -0.1) is 0 Å². The highest BCUT2D eigenvalue weighted by Crippen LogP contribution is 2.41. The van der Waals surface area contributed by atoms with E-state index in [2.05, 4.69) is 52.3 Å². The number of aromatic nitrogens is 1. The molecule has 34 heavy (non-hydrogen) atoms. The molecular weight excluding hydrogens is 508 g/mol. The summed E-state index contributed by atoms with van der Waals surface area (Å²) in [5.41, 5.74) is 6.74. The average molecular weight is 529 g/mol. The van der Waals surface area contributed by atoms with E-state index < -0.39 is 0 Å². The van der Waals surface area contributed by atoms with Crippen LogP contribution in [0.2, 0.25) is 0 Å². The van der Waals surface area contributed by atoms with Crippen LogP contribution in [0.5, 0.6) is 5.75 Å². The molecule has 1 atom stereocenters. The first-order valence-corrected chi connectivity index (χ1v) is 12.8. The van der Waals surface area contributed by atoms with Gasteiger partial charge in [-0.3, -0.25) is 9.36 Å². The highest BCUT2D eigenvalue weighted by atomic mass is 79.9. The minimum Gasteiger partial charge on any atom is -0.497 e. The third-order valence-electron chi connectivity index (χ3n) is 6.45. The molecule has 0 saturated carbocycles. The van der Waals surface area contributed by atoms with Gasteiger partial charge in [0.15, 0.2) is 4.80 Å². The van der Waals surface area contributed by atoms with Crippen molar-refractivity contribution in [3.63, 3.8) is 0 Å². The lowest BCUT2D eigenvalue weighted by Gasteiger charge is -2.30. The molecule has 2 heterocycles. The molecule has 1 aliphatic carbocycles. The van der Waals surface area contributed by atoms with Crippen LogP contribution in [0.3, 0.4) is 0 Å². The Balaban J connectivity index is 1.61. The van der Waals surface area contributed by atoms with Crippen LogP contribution < -0.4 is 19.6 Å². The Kier molecular flexibility index (Phi) is 5.35. The summed E-state index contributed by atoms with van der Waals surface area (Å²) in [6, 6.07) is 24.3. The summed E-state index contributed by atoms with van der Waals surface area (Å²) in [7, 11) is 1.65. The average Bonchev–Trinajstić information content (AvgIpc) is 3.18. The minimum atomic E-state index is -0.167. The first kappa shape index (κ1) is 21.3. The molecule has 1 aromatic heterocycles. The summed E-state index contributed by atoms with van der Waals surface area (Å²) in [6.07, 6.45) is 3.77. The second-order valence-electron chi connectivity index (χ2n) is 8.44. The summed E-state index contributed by atoms with van der Waals surface area (Å²) >= 11 is 4.99. The van der Waals surface area contributed by atoms with E-state index in [-0.39, 0.29) is 11.6 Å². The fourth-order valence-electron chi connectivity index (χ4n) is 4.85. The Morgan fingerprint density at radius 2 is 1.88 bits per heavy atom. The van der Waals surface area contributed by atoms with Crippen molar-refractivity contribution in [2.45, 2.75) is 18.9 Å². The summed E-state index contributed by atoms with van der Waals surface area (Å²) in [6.45, 7) is 0. The van der Waals surface area contributed by atoms with E-state index in [9.17, 15) is 4.79 Å². The molecule has 0 radical (unpaired) electrons. The van der Waals surface area contributed by atoms with Gasteiger partial charge >= 0.3 is 0 Å². The fourth-order valence-corrected chi connectivity index (χ4v) is 6.12. The van der Waals surface area contributed by atoms with Crippen molar-refractivity contribution in [2.24, 2.45) is 4.99 Å². The van der Waals surface area contributed by atoms with Crippen molar-refractivity contribution in [3.8, 4) is 5.75 Å². The standard InChI is InChI=1S/C28H21BrN2O2S/c1-33-21-7-4-5-17(15-21)16-24-27(32)31-26(19-9-12-20(29)13-10-19)23-14-11-18-6-2-3-8-22(18)25(23)30-28(31)34-24/h2-10,12-13,15-16,26H,11,14H2,1H3/b24-16-/t26-/m0/s1. The third-order valence-corrected chi connectivity index (χ3v) is 7.96. The number of halogens is 1. The first-order valence-electron chi connectivity index (χ1n) is 11.1. The number of thiazole rings is 1. The molecule has 1 aliphatic heterocycles. The molecule has 2 aliphatic rings. The quantitative estimate of drug-likeness (QED) is 0.371. The van der Waals surface area contributed by atoms with Crippen molar-refractivity contribution in [3.05, 3.63) is 125 Å². The van der Waals surface area contributed by atoms with E-state index in [0.29, 0.717) is 4.53 Å². The number of hydrogen-bond acceptors (Lipinski definition) is 4. The normalized spacial score (nSPS) is 17.0. The lowest BCUT2D eigenvalue weighted by molar-refractivity contribution is 0.414. The molecule has 0 saturated heterocycles. The molecule has 0 bridgehead atoms. The molecule has 0 N–H and O–H groups in total. The maximum Gasteiger partial charge on any atom is 0.271 e. The smallest absolute Gasteiger partial charge is 0.271 e.